The number of piperidine rings is 1. The van der Waals surface area contributed by atoms with Crippen molar-refractivity contribution in [2.75, 3.05) is 61.8 Å². The number of carbonyl (C=O) groups excluding carboxylic acids is 2. The summed E-state index contributed by atoms with van der Waals surface area (Å²) in [6.07, 6.45) is 2.22. The third-order valence-corrected chi connectivity index (χ3v) is 11.2. The van der Waals surface area contributed by atoms with Crippen LogP contribution in [0, 0.1) is 11.3 Å². The number of nitrogens with zero attached hydrogens (tertiary/aromatic N) is 3. The minimum absolute atomic E-state index is 0.0419. The Bertz CT molecular complexity index is 1450. The van der Waals surface area contributed by atoms with E-state index in [-0.39, 0.29) is 36.1 Å². The first-order chi connectivity index (χ1) is 22.3. The van der Waals surface area contributed by atoms with Crippen LogP contribution in [0.25, 0.3) is 0 Å². The van der Waals surface area contributed by atoms with Crippen molar-refractivity contribution in [2.24, 2.45) is 11.3 Å². The molecule has 0 atom stereocenters. The molecule has 2 aromatic carbocycles. The first kappa shape index (κ1) is 33.8. The molecule has 3 aliphatic heterocycles. The number of aryl methyl sites for hydroxylation is 1. The first-order valence-electron chi connectivity index (χ1n) is 17.0. The third-order valence-electron chi connectivity index (χ3n) is 9.86. The van der Waals surface area contributed by atoms with Crippen molar-refractivity contribution >= 4 is 35.1 Å². The number of hydrogen-bond acceptors (Lipinski definition) is 6. The van der Waals surface area contributed by atoms with E-state index in [0.29, 0.717) is 37.8 Å². The number of alkyl halides is 3. The van der Waals surface area contributed by atoms with E-state index in [1.807, 2.05) is 16.7 Å². The Kier molecular flexibility index (Phi) is 9.67. The maximum atomic E-state index is 14.1. The van der Waals surface area contributed by atoms with Gasteiger partial charge in [0, 0.05) is 79.7 Å². The fraction of sp³-hybridized carbons (Fsp3) is 0.611. The lowest BCUT2D eigenvalue weighted by Gasteiger charge is -2.60. The second-order valence-corrected chi connectivity index (χ2v) is 15.9. The van der Waals surface area contributed by atoms with Crippen molar-refractivity contribution < 1.29 is 27.5 Å². The highest BCUT2D eigenvalue weighted by Crippen LogP contribution is 2.46. The minimum Gasteiger partial charge on any atom is -0.444 e. The van der Waals surface area contributed by atoms with Crippen LogP contribution in [0.2, 0.25) is 0 Å². The van der Waals surface area contributed by atoms with E-state index in [2.05, 4.69) is 23.5 Å². The number of benzene rings is 2. The Morgan fingerprint density at radius 1 is 0.979 bits per heavy atom. The van der Waals surface area contributed by atoms with Crippen LogP contribution in [-0.2, 0) is 28.5 Å². The monoisotopic (exact) mass is 672 g/mol. The molecule has 3 saturated heterocycles. The molecular formula is C36H47F3N4O3S. The van der Waals surface area contributed by atoms with Gasteiger partial charge in [0.05, 0.1) is 5.56 Å². The summed E-state index contributed by atoms with van der Waals surface area (Å²) >= 11 is 1.96. The van der Waals surface area contributed by atoms with E-state index in [1.165, 1.54) is 47.8 Å². The number of fused-ring (bicyclic) bond motifs is 1. The highest BCUT2D eigenvalue weighted by atomic mass is 32.2. The summed E-state index contributed by atoms with van der Waals surface area (Å²) in [5.74, 6) is 1.69. The van der Waals surface area contributed by atoms with Crippen LogP contribution in [0.5, 0.6) is 0 Å². The molecule has 2 amide bonds. The van der Waals surface area contributed by atoms with Gasteiger partial charge in [-0.2, -0.15) is 13.2 Å². The summed E-state index contributed by atoms with van der Waals surface area (Å²) in [6.45, 7) is 9.05. The molecule has 0 bridgehead atoms. The first-order valence-corrected chi connectivity index (χ1v) is 18.0. The number of anilines is 2. The van der Waals surface area contributed by atoms with Crippen LogP contribution in [0.3, 0.4) is 0 Å². The van der Waals surface area contributed by atoms with Gasteiger partial charge >= 0.3 is 12.3 Å². The Morgan fingerprint density at radius 2 is 1.70 bits per heavy atom. The predicted molar refractivity (Wildman–Crippen MR) is 180 cm³/mol. The summed E-state index contributed by atoms with van der Waals surface area (Å²) in [5, 5.41) is 3.05. The van der Waals surface area contributed by atoms with Gasteiger partial charge in [-0.05, 0) is 101 Å². The van der Waals surface area contributed by atoms with Crippen molar-refractivity contribution in [3.05, 3.63) is 53.1 Å². The number of rotatable bonds is 8. The number of likely N-dealkylation sites (tertiary alicyclic amines) is 2. The zero-order valence-electron chi connectivity index (χ0n) is 27.8. The fourth-order valence-corrected chi connectivity index (χ4v) is 8.74. The maximum absolute atomic E-state index is 14.1. The molecule has 47 heavy (non-hydrogen) atoms. The summed E-state index contributed by atoms with van der Waals surface area (Å²) in [7, 11) is 0. The number of carbonyl (C=O) groups is 2. The smallest absolute Gasteiger partial charge is 0.418 e. The average Bonchev–Trinajstić information content (AvgIpc) is 2.98. The molecular weight excluding hydrogens is 625 g/mol. The molecule has 0 radical (unpaired) electrons. The van der Waals surface area contributed by atoms with Gasteiger partial charge in [0.25, 0.3) is 0 Å². The lowest BCUT2D eigenvalue weighted by molar-refractivity contribution is -0.137. The molecule has 6 rings (SSSR count). The second kappa shape index (κ2) is 13.4. The Hall–Kier alpha value is -3.08. The lowest BCUT2D eigenvalue weighted by Crippen LogP contribution is -2.73. The van der Waals surface area contributed by atoms with Gasteiger partial charge in [-0.25, -0.2) is 4.79 Å². The van der Waals surface area contributed by atoms with E-state index in [4.69, 9.17) is 4.74 Å². The Morgan fingerprint density at radius 3 is 2.40 bits per heavy atom. The number of halogens is 3. The van der Waals surface area contributed by atoms with Gasteiger partial charge in [0.2, 0.25) is 5.91 Å². The number of ether oxygens (including phenoxy) is 1. The molecule has 0 saturated carbocycles. The zero-order valence-corrected chi connectivity index (χ0v) is 28.6. The molecule has 1 N–H and O–H groups in total. The van der Waals surface area contributed by atoms with Gasteiger partial charge in [0.15, 0.2) is 0 Å². The van der Waals surface area contributed by atoms with Crippen molar-refractivity contribution in [3.8, 4) is 0 Å². The predicted octanol–water partition coefficient (Wildman–Crippen LogP) is 7.47. The fourth-order valence-electron chi connectivity index (χ4n) is 7.41. The van der Waals surface area contributed by atoms with Gasteiger partial charge in [-0.1, -0.05) is 12.1 Å². The van der Waals surface area contributed by atoms with Crippen molar-refractivity contribution in [1.29, 1.82) is 0 Å². The highest BCUT2D eigenvalue weighted by Gasteiger charge is 2.55. The highest BCUT2D eigenvalue weighted by molar-refractivity contribution is 7.99. The van der Waals surface area contributed by atoms with Crippen LogP contribution >= 0.6 is 11.8 Å². The van der Waals surface area contributed by atoms with Gasteiger partial charge in [-0.3, -0.25) is 4.79 Å². The van der Waals surface area contributed by atoms with Gasteiger partial charge in [-0.15, -0.1) is 11.8 Å². The van der Waals surface area contributed by atoms with Crippen molar-refractivity contribution in [1.82, 2.24) is 9.80 Å². The topological polar surface area (TPSA) is 65.1 Å². The van der Waals surface area contributed by atoms with E-state index in [1.54, 1.807) is 36.6 Å². The van der Waals surface area contributed by atoms with Crippen LogP contribution < -0.4 is 10.2 Å². The number of amides is 2. The largest absolute Gasteiger partial charge is 0.444 e. The summed E-state index contributed by atoms with van der Waals surface area (Å²) in [6, 6.07) is 11.0. The Labute approximate surface area is 280 Å². The van der Waals surface area contributed by atoms with E-state index in [0.717, 1.165) is 37.8 Å². The molecule has 7 nitrogen and oxygen atoms in total. The second-order valence-electron chi connectivity index (χ2n) is 14.8. The molecule has 1 spiro atoms. The van der Waals surface area contributed by atoms with E-state index < -0.39 is 17.3 Å². The molecule has 4 aliphatic rings. The molecule has 3 heterocycles. The van der Waals surface area contributed by atoms with Gasteiger partial charge < -0.3 is 24.8 Å². The lowest BCUT2D eigenvalue weighted by atomic mass is 9.72. The average molecular weight is 673 g/mol. The number of hydrogen-bond donors (Lipinski definition) is 1. The van der Waals surface area contributed by atoms with Crippen LogP contribution in [0.4, 0.5) is 29.3 Å². The van der Waals surface area contributed by atoms with E-state index in [9.17, 15) is 22.8 Å². The molecule has 0 aromatic heterocycles. The van der Waals surface area contributed by atoms with Crippen LogP contribution in [0.15, 0.2) is 41.3 Å². The quantitative estimate of drug-likeness (QED) is 0.294. The van der Waals surface area contributed by atoms with Crippen molar-refractivity contribution in [2.45, 2.75) is 82.4 Å². The van der Waals surface area contributed by atoms with Crippen molar-refractivity contribution in [3.63, 3.8) is 0 Å². The summed E-state index contributed by atoms with van der Waals surface area (Å²) in [4.78, 5) is 31.9. The van der Waals surface area contributed by atoms with Gasteiger partial charge in [0.1, 0.15) is 5.60 Å². The summed E-state index contributed by atoms with van der Waals surface area (Å²) in [5.41, 5.74) is 2.07. The number of thioether (sulfide) groups is 1. The normalized spacial score (nSPS) is 19.6. The minimum atomic E-state index is -4.52. The standard InChI is InChI=1S/C36H47F3N4O3S/c1-34(2,3)46-33(45)43-23-35(24-43)21-42(22-35)30-12-11-27(19-29(30)36(37,38)39)40-16-13-32(44)41-17-14-25(15-18-41)20-47-31-10-6-8-26-7-4-5-9-28(26)31/h6,8,10-12,19,25,40H,4-5,7,9,13-18,20-24H2,1-3H3. The van der Waals surface area contributed by atoms with Crippen LogP contribution in [0.1, 0.15) is 69.6 Å². The maximum Gasteiger partial charge on any atom is 0.418 e. The molecule has 2 aromatic rings. The molecule has 11 heteroatoms. The molecule has 3 fully saturated rings. The van der Waals surface area contributed by atoms with Crippen LogP contribution in [-0.4, -0.2) is 79.0 Å². The third kappa shape index (κ3) is 7.98. The molecule has 1 aliphatic carbocycles. The SMILES string of the molecule is CC(C)(C)OC(=O)N1CC2(C1)CN(c1ccc(NCCC(=O)N3CCC(CSc4cccc5c4CCCC5)CC3)cc1C(F)(F)F)C2. The molecule has 256 valence electrons. The molecule has 0 unspecified atom stereocenters. The zero-order chi connectivity index (χ0) is 33.4. The Balaban J connectivity index is 0.941. The summed E-state index contributed by atoms with van der Waals surface area (Å²) < 4.78 is 47.8. The number of nitrogens with one attached hydrogen (secondary N) is 1. The van der Waals surface area contributed by atoms with E-state index >= 15 is 0 Å².